The van der Waals surface area contributed by atoms with Gasteiger partial charge in [0, 0.05) is 0 Å². The quantitative estimate of drug-likeness (QED) is 0.350. The summed E-state index contributed by atoms with van der Waals surface area (Å²) in [7, 11) is 0. The first-order valence-corrected chi connectivity index (χ1v) is 3.86. The SMILES string of the molecule is O=C[C@H](OCF)[C@@H](O)[C@H](O)[C@H](O)CO. The van der Waals surface area contributed by atoms with E-state index in [9.17, 15) is 9.18 Å². The predicted octanol–water partition coefficient (Wildman–Crippen LogP) is -2.43. The summed E-state index contributed by atoms with van der Waals surface area (Å²) in [5, 5.41) is 35.6. The molecule has 0 spiro atoms. The van der Waals surface area contributed by atoms with E-state index in [0.29, 0.717) is 0 Å². The minimum Gasteiger partial charge on any atom is -0.394 e. The molecular formula is C7H13FO6. The van der Waals surface area contributed by atoms with Gasteiger partial charge in [0.2, 0.25) is 0 Å². The molecule has 14 heavy (non-hydrogen) atoms. The molecule has 0 amide bonds. The van der Waals surface area contributed by atoms with Crippen LogP contribution in [0.25, 0.3) is 0 Å². The number of carbonyl (C=O) groups is 1. The van der Waals surface area contributed by atoms with E-state index in [1.165, 1.54) is 0 Å². The van der Waals surface area contributed by atoms with Crippen molar-refractivity contribution in [1.29, 1.82) is 0 Å². The normalized spacial score (nSPS) is 19.8. The first-order chi connectivity index (χ1) is 6.58. The first-order valence-electron chi connectivity index (χ1n) is 3.86. The van der Waals surface area contributed by atoms with E-state index in [4.69, 9.17) is 20.4 Å². The second-order valence-corrected chi connectivity index (χ2v) is 2.61. The number of alkyl halides is 1. The predicted molar refractivity (Wildman–Crippen MR) is 42.0 cm³/mol. The van der Waals surface area contributed by atoms with E-state index in [1.807, 2.05) is 0 Å². The monoisotopic (exact) mass is 212 g/mol. The van der Waals surface area contributed by atoms with Gasteiger partial charge in [-0.2, -0.15) is 0 Å². The maximum atomic E-state index is 11.7. The molecule has 7 heteroatoms. The summed E-state index contributed by atoms with van der Waals surface area (Å²) in [6, 6.07) is 0. The number of hydrogen-bond donors (Lipinski definition) is 4. The minimum atomic E-state index is -1.79. The van der Waals surface area contributed by atoms with Gasteiger partial charge in [0.1, 0.15) is 24.4 Å². The van der Waals surface area contributed by atoms with Gasteiger partial charge in [-0.15, -0.1) is 0 Å². The Balaban J connectivity index is 4.25. The summed E-state index contributed by atoms with van der Waals surface area (Å²) in [4.78, 5) is 10.2. The van der Waals surface area contributed by atoms with Crippen LogP contribution in [-0.4, -0.2) is 64.6 Å². The molecule has 0 aromatic carbocycles. The Hall–Kier alpha value is -0.600. The number of aliphatic hydroxyl groups excluding tert-OH is 4. The molecule has 0 aromatic heterocycles. The highest BCUT2D eigenvalue weighted by molar-refractivity contribution is 5.57. The van der Waals surface area contributed by atoms with Crippen LogP contribution in [0.15, 0.2) is 0 Å². The van der Waals surface area contributed by atoms with Crippen LogP contribution in [0.1, 0.15) is 0 Å². The summed E-state index contributed by atoms with van der Waals surface area (Å²) in [5.74, 6) is 0. The van der Waals surface area contributed by atoms with Gasteiger partial charge < -0.3 is 30.0 Å². The Morgan fingerprint density at radius 1 is 1.29 bits per heavy atom. The highest BCUT2D eigenvalue weighted by Crippen LogP contribution is 2.06. The number of aldehydes is 1. The molecule has 0 radical (unpaired) electrons. The van der Waals surface area contributed by atoms with Gasteiger partial charge in [0.25, 0.3) is 0 Å². The third-order valence-electron chi connectivity index (χ3n) is 1.66. The molecule has 0 aromatic rings. The van der Waals surface area contributed by atoms with Gasteiger partial charge >= 0.3 is 0 Å². The number of rotatable bonds is 7. The number of carbonyl (C=O) groups excluding carboxylic acids is 1. The van der Waals surface area contributed by atoms with Crippen LogP contribution in [-0.2, 0) is 9.53 Å². The molecule has 0 fully saturated rings. The van der Waals surface area contributed by atoms with Gasteiger partial charge in [-0.1, -0.05) is 0 Å². The Morgan fingerprint density at radius 2 is 1.86 bits per heavy atom. The summed E-state index contributed by atoms with van der Waals surface area (Å²) < 4.78 is 15.8. The molecule has 4 N–H and O–H groups in total. The van der Waals surface area contributed by atoms with E-state index >= 15 is 0 Å². The maximum absolute atomic E-state index is 11.7. The third-order valence-corrected chi connectivity index (χ3v) is 1.66. The lowest BCUT2D eigenvalue weighted by Gasteiger charge is -2.24. The van der Waals surface area contributed by atoms with Crippen molar-refractivity contribution >= 4 is 6.29 Å². The molecule has 0 saturated carbocycles. The summed E-state index contributed by atoms with van der Waals surface area (Å²) in [6.07, 6.45) is -6.66. The van der Waals surface area contributed by atoms with E-state index in [1.54, 1.807) is 0 Å². The Kier molecular flexibility index (Phi) is 6.50. The van der Waals surface area contributed by atoms with Crippen LogP contribution < -0.4 is 0 Å². The molecular weight excluding hydrogens is 199 g/mol. The molecule has 0 rings (SSSR count). The standard InChI is InChI=1S/C7H13FO6/c8-3-14-5(2-10)7(13)6(12)4(11)1-9/h2,4-7,9,11-13H,1,3H2/t4-,5+,6-,7-/m1/s1. The second-order valence-electron chi connectivity index (χ2n) is 2.61. The number of aliphatic hydroxyl groups is 4. The van der Waals surface area contributed by atoms with Gasteiger partial charge in [0.05, 0.1) is 6.61 Å². The summed E-state index contributed by atoms with van der Waals surface area (Å²) in [5.41, 5.74) is 0. The highest BCUT2D eigenvalue weighted by atomic mass is 19.1. The van der Waals surface area contributed by atoms with Gasteiger partial charge in [-0.3, -0.25) is 0 Å². The molecule has 0 aliphatic carbocycles. The van der Waals surface area contributed by atoms with Gasteiger partial charge in [-0.05, 0) is 0 Å². The zero-order valence-electron chi connectivity index (χ0n) is 7.28. The number of hydrogen-bond acceptors (Lipinski definition) is 6. The molecule has 0 aliphatic heterocycles. The zero-order valence-corrected chi connectivity index (χ0v) is 7.28. The lowest BCUT2D eigenvalue weighted by atomic mass is 10.0. The van der Waals surface area contributed by atoms with Crippen molar-refractivity contribution in [1.82, 2.24) is 0 Å². The molecule has 0 bridgehead atoms. The van der Waals surface area contributed by atoms with Crippen molar-refractivity contribution in [3.63, 3.8) is 0 Å². The van der Waals surface area contributed by atoms with Crippen molar-refractivity contribution in [2.24, 2.45) is 0 Å². The van der Waals surface area contributed by atoms with Crippen molar-refractivity contribution in [2.75, 3.05) is 13.5 Å². The Labute approximate surface area is 79.5 Å². The van der Waals surface area contributed by atoms with E-state index in [2.05, 4.69) is 4.74 Å². The molecule has 84 valence electrons. The molecule has 0 aliphatic rings. The smallest absolute Gasteiger partial charge is 0.189 e. The largest absolute Gasteiger partial charge is 0.394 e. The van der Waals surface area contributed by atoms with Crippen molar-refractivity contribution in [3.05, 3.63) is 0 Å². The number of halogens is 1. The third kappa shape index (κ3) is 3.64. The Morgan fingerprint density at radius 3 is 2.21 bits per heavy atom. The molecule has 0 saturated heterocycles. The van der Waals surface area contributed by atoms with Crippen molar-refractivity contribution < 1.29 is 34.3 Å². The van der Waals surface area contributed by atoms with Gasteiger partial charge in [-0.25, -0.2) is 4.39 Å². The van der Waals surface area contributed by atoms with Crippen LogP contribution in [0.4, 0.5) is 4.39 Å². The van der Waals surface area contributed by atoms with Crippen molar-refractivity contribution in [2.45, 2.75) is 24.4 Å². The summed E-state index contributed by atoms with van der Waals surface area (Å²) in [6.45, 7) is -2.10. The van der Waals surface area contributed by atoms with Crippen LogP contribution >= 0.6 is 0 Å². The van der Waals surface area contributed by atoms with Crippen LogP contribution in [0.2, 0.25) is 0 Å². The fourth-order valence-electron chi connectivity index (χ4n) is 0.821. The zero-order chi connectivity index (χ0) is 11.1. The lowest BCUT2D eigenvalue weighted by molar-refractivity contribution is -0.152. The van der Waals surface area contributed by atoms with Crippen LogP contribution in [0.3, 0.4) is 0 Å². The molecule has 6 nitrogen and oxygen atoms in total. The maximum Gasteiger partial charge on any atom is 0.189 e. The topological polar surface area (TPSA) is 107 Å². The fourth-order valence-corrected chi connectivity index (χ4v) is 0.821. The molecule has 0 unspecified atom stereocenters. The van der Waals surface area contributed by atoms with E-state index in [-0.39, 0.29) is 6.29 Å². The average molecular weight is 212 g/mol. The van der Waals surface area contributed by atoms with Crippen LogP contribution in [0, 0.1) is 0 Å². The van der Waals surface area contributed by atoms with Crippen LogP contribution in [0.5, 0.6) is 0 Å². The lowest BCUT2D eigenvalue weighted by Crippen LogP contribution is -2.47. The second kappa shape index (κ2) is 6.80. The van der Waals surface area contributed by atoms with E-state index < -0.39 is 37.9 Å². The first kappa shape index (κ1) is 13.4. The molecule has 0 heterocycles. The Bertz CT molecular complexity index is 166. The fraction of sp³-hybridized carbons (Fsp3) is 0.857. The average Bonchev–Trinajstić information content (AvgIpc) is 2.22. The van der Waals surface area contributed by atoms with E-state index in [0.717, 1.165) is 0 Å². The van der Waals surface area contributed by atoms with Crippen molar-refractivity contribution in [3.8, 4) is 0 Å². The summed E-state index contributed by atoms with van der Waals surface area (Å²) >= 11 is 0. The molecule has 4 atom stereocenters. The number of ether oxygens (including phenoxy) is 1. The van der Waals surface area contributed by atoms with Gasteiger partial charge in [0.15, 0.2) is 13.1 Å². The minimum absolute atomic E-state index is 0.0948. The highest BCUT2D eigenvalue weighted by Gasteiger charge is 2.31.